The molecule has 0 N–H and O–H groups in total. The van der Waals surface area contributed by atoms with Crippen LogP contribution in [-0.4, -0.2) is 0 Å². The van der Waals surface area contributed by atoms with Gasteiger partial charge in [-0.05, 0) is 51.0 Å². The molecule has 67 valence electrons. The predicted octanol–water partition coefficient (Wildman–Crippen LogP) is 4.04. The topological polar surface area (TPSA) is 0 Å². The van der Waals surface area contributed by atoms with Gasteiger partial charge in [-0.25, -0.2) is 0 Å². The molecule has 0 bridgehead atoms. The molecule has 0 aromatic carbocycles. The molecule has 0 aliphatic heterocycles. The summed E-state index contributed by atoms with van der Waals surface area (Å²) in [6, 6.07) is 0. The van der Waals surface area contributed by atoms with Crippen LogP contribution in [0, 0.1) is 6.08 Å². The second kappa shape index (κ2) is 7.15. The average Bonchev–Trinajstić information content (AvgIpc) is 2.05. The van der Waals surface area contributed by atoms with Gasteiger partial charge in [0.25, 0.3) is 0 Å². The first-order valence-electron chi connectivity index (χ1n) is 5.20. The molecule has 0 amide bonds. The molecular formula is C12H19. The quantitative estimate of drug-likeness (QED) is 0.473. The summed E-state index contributed by atoms with van der Waals surface area (Å²) in [6.07, 6.45) is 20.5. The molecule has 0 heteroatoms. The van der Waals surface area contributed by atoms with Gasteiger partial charge in [-0.2, -0.15) is 0 Å². The Morgan fingerprint density at radius 1 is 0.750 bits per heavy atom. The van der Waals surface area contributed by atoms with Crippen molar-refractivity contribution in [3.05, 3.63) is 24.3 Å². The highest BCUT2D eigenvalue weighted by Crippen LogP contribution is 2.07. The molecule has 0 heterocycles. The second-order valence-corrected chi connectivity index (χ2v) is 3.41. The predicted molar refractivity (Wildman–Crippen MR) is 53.9 cm³/mol. The maximum Gasteiger partial charge on any atom is -0.0276 e. The number of hydrogen-bond donors (Lipinski definition) is 0. The monoisotopic (exact) mass is 163 g/mol. The summed E-state index contributed by atoms with van der Waals surface area (Å²) in [5, 5.41) is 0. The van der Waals surface area contributed by atoms with E-state index >= 15 is 0 Å². The molecule has 0 fully saturated rings. The molecule has 0 nitrogen and oxygen atoms in total. The smallest absolute Gasteiger partial charge is 0.0276 e. The highest BCUT2D eigenvalue weighted by molar-refractivity contribution is 4.83. The van der Waals surface area contributed by atoms with Crippen LogP contribution in [0.3, 0.4) is 0 Å². The first-order valence-corrected chi connectivity index (χ1v) is 5.20. The lowest BCUT2D eigenvalue weighted by molar-refractivity contribution is 0.689. The van der Waals surface area contributed by atoms with Gasteiger partial charge >= 0.3 is 0 Å². The van der Waals surface area contributed by atoms with E-state index in [0.29, 0.717) is 0 Å². The van der Waals surface area contributed by atoms with E-state index in [-0.39, 0.29) is 0 Å². The number of hydrogen-bond acceptors (Lipinski definition) is 0. The molecule has 1 rings (SSSR count). The Kier molecular flexibility index (Phi) is 5.70. The van der Waals surface area contributed by atoms with Crippen molar-refractivity contribution in [2.24, 2.45) is 0 Å². The largest absolute Gasteiger partial charge is 0.0885 e. The Labute approximate surface area is 76.4 Å². The van der Waals surface area contributed by atoms with E-state index in [4.69, 9.17) is 0 Å². The van der Waals surface area contributed by atoms with Gasteiger partial charge in [0.15, 0.2) is 0 Å². The molecular weight excluding hydrogens is 144 g/mol. The molecule has 1 aliphatic carbocycles. The second-order valence-electron chi connectivity index (χ2n) is 3.41. The van der Waals surface area contributed by atoms with Crippen molar-refractivity contribution in [1.82, 2.24) is 0 Å². The Hall–Kier alpha value is -0.520. The Bertz CT molecular complexity index is 126. The van der Waals surface area contributed by atoms with Crippen LogP contribution in [0.15, 0.2) is 18.2 Å². The Morgan fingerprint density at radius 3 is 2.42 bits per heavy atom. The zero-order valence-electron chi connectivity index (χ0n) is 7.89. The van der Waals surface area contributed by atoms with Gasteiger partial charge in [0.1, 0.15) is 0 Å². The molecule has 1 aliphatic rings. The van der Waals surface area contributed by atoms with Crippen molar-refractivity contribution in [2.45, 2.75) is 51.4 Å². The van der Waals surface area contributed by atoms with Crippen LogP contribution < -0.4 is 0 Å². The van der Waals surface area contributed by atoms with Crippen LogP contribution in [0.2, 0.25) is 0 Å². The molecule has 0 saturated heterocycles. The van der Waals surface area contributed by atoms with Crippen LogP contribution in [-0.2, 0) is 0 Å². The van der Waals surface area contributed by atoms with E-state index in [0.717, 1.165) is 6.42 Å². The molecule has 0 atom stereocenters. The van der Waals surface area contributed by atoms with Crippen molar-refractivity contribution in [3.8, 4) is 0 Å². The molecule has 12 heavy (non-hydrogen) atoms. The molecule has 0 unspecified atom stereocenters. The molecule has 0 saturated carbocycles. The van der Waals surface area contributed by atoms with Crippen LogP contribution >= 0.6 is 0 Å². The third kappa shape index (κ3) is 5.17. The van der Waals surface area contributed by atoms with Crippen molar-refractivity contribution < 1.29 is 0 Å². The van der Waals surface area contributed by atoms with Crippen molar-refractivity contribution in [1.29, 1.82) is 0 Å². The summed E-state index contributed by atoms with van der Waals surface area (Å²) in [4.78, 5) is 0. The summed E-state index contributed by atoms with van der Waals surface area (Å²) < 4.78 is 0. The van der Waals surface area contributed by atoms with Gasteiger partial charge in [0.05, 0.1) is 0 Å². The van der Waals surface area contributed by atoms with Gasteiger partial charge in [-0.1, -0.05) is 24.6 Å². The van der Waals surface area contributed by atoms with Gasteiger partial charge < -0.3 is 0 Å². The fourth-order valence-electron chi connectivity index (χ4n) is 1.45. The number of allylic oxidation sites excluding steroid dienone is 4. The average molecular weight is 163 g/mol. The highest BCUT2D eigenvalue weighted by Gasteiger charge is 1.88. The van der Waals surface area contributed by atoms with Gasteiger partial charge in [0.2, 0.25) is 0 Å². The minimum absolute atomic E-state index is 1.14. The lowest BCUT2D eigenvalue weighted by Gasteiger charge is -1.97. The summed E-state index contributed by atoms with van der Waals surface area (Å²) in [7, 11) is 0. The van der Waals surface area contributed by atoms with E-state index in [9.17, 15) is 0 Å². The van der Waals surface area contributed by atoms with Crippen molar-refractivity contribution in [3.63, 3.8) is 0 Å². The minimum Gasteiger partial charge on any atom is -0.0885 e. The molecule has 1 radical (unpaired) electrons. The summed E-state index contributed by atoms with van der Waals surface area (Å²) in [6.45, 7) is 0. The normalized spacial score (nSPS) is 26.7. The van der Waals surface area contributed by atoms with Gasteiger partial charge in [0, 0.05) is 0 Å². The van der Waals surface area contributed by atoms with Gasteiger partial charge in [-0.15, -0.1) is 0 Å². The molecule has 0 aromatic rings. The number of rotatable bonds is 0. The zero-order valence-corrected chi connectivity index (χ0v) is 7.89. The Morgan fingerprint density at radius 2 is 1.50 bits per heavy atom. The fraction of sp³-hybridized carbons (Fsp3) is 0.667. The van der Waals surface area contributed by atoms with Crippen molar-refractivity contribution >= 4 is 0 Å². The van der Waals surface area contributed by atoms with Crippen LogP contribution in [0.5, 0.6) is 0 Å². The molecule has 0 spiro atoms. The van der Waals surface area contributed by atoms with Gasteiger partial charge in [-0.3, -0.25) is 0 Å². The summed E-state index contributed by atoms with van der Waals surface area (Å²) in [5.41, 5.74) is 0. The third-order valence-corrected chi connectivity index (χ3v) is 2.22. The summed E-state index contributed by atoms with van der Waals surface area (Å²) in [5.74, 6) is 0. The SMILES string of the molecule is [C]1=C/CCCCC/C=C\CCC/1. The maximum absolute atomic E-state index is 3.34. The van der Waals surface area contributed by atoms with E-state index in [1.165, 1.54) is 44.9 Å². The first kappa shape index (κ1) is 9.57. The van der Waals surface area contributed by atoms with E-state index in [1.807, 2.05) is 0 Å². The van der Waals surface area contributed by atoms with E-state index in [2.05, 4.69) is 24.3 Å². The van der Waals surface area contributed by atoms with Crippen LogP contribution in [0.1, 0.15) is 51.4 Å². The van der Waals surface area contributed by atoms with Crippen LogP contribution in [0.25, 0.3) is 0 Å². The zero-order chi connectivity index (χ0) is 8.49. The lowest BCUT2D eigenvalue weighted by atomic mass is 10.1. The van der Waals surface area contributed by atoms with E-state index in [1.54, 1.807) is 0 Å². The fourth-order valence-corrected chi connectivity index (χ4v) is 1.45. The Balaban J connectivity index is 2.19. The highest BCUT2D eigenvalue weighted by atomic mass is 13.9. The lowest BCUT2D eigenvalue weighted by Crippen LogP contribution is -1.78. The van der Waals surface area contributed by atoms with Crippen molar-refractivity contribution in [2.75, 3.05) is 0 Å². The first-order chi connectivity index (χ1) is 6.00. The molecule has 0 aromatic heterocycles. The van der Waals surface area contributed by atoms with Crippen LogP contribution in [0.4, 0.5) is 0 Å². The maximum atomic E-state index is 3.34. The minimum atomic E-state index is 1.14. The standard InChI is InChI=1S/C12H19/c1-2-4-6-8-10-12-11-9-7-5-3-1/h1-2,12H,3-9,11H2/b2-1-,12-10?. The summed E-state index contributed by atoms with van der Waals surface area (Å²) >= 11 is 0. The van der Waals surface area contributed by atoms with E-state index < -0.39 is 0 Å². The third-order valence-electron chi connectivity index (χ3n) is 2.22.